The van der Waals surface area contributed by atoms with Gasteiger partial charge in [-0.3, -0.25) is 0 Å². The van der Waals surface area contributed by atoms with E-state index in [1.165, 1.54) is 6.07 Å². The lowest BCUT2D eigenvalue weighted by molar-refractivity contribution is 0.0177. The SMILES string of the molecule is COCCOCCOCCOc1ccc(F)cc1F. The second kappa shape index (κ2) is 9.66. The zero-order chi connectivity index (χ0) is 13.9. The van der Waals surface area contributed by atoms with Gasteiger partial charge in [0.25, 0.3) is 0 Å². The molecular weight excluding hydrogens is 258 g/mol. The fourth-order valence-corrected chi connectivity index (χ4v) is 1.27. The van der Waals surface area contributed by atoms with Crippen molar-refractivity contribution in [2.24, 2.45) is 0 Å². The van der Waals surface area contributed by atoms with Crippen molar-refractivity contribution >= 4 is 0 Å². The highest BCUT2D eigenvalue weighted by Crippen LogP contribution is 2.17. The van der Waals surface area contributed by atoms with Gasteiger partial charge in [0.1, 0.15) is 12.4 Å². The van der Waals surface area contributed by atoms with Crippen molar-refractivity contribution in [3.8, 4) is 5.75 Å². The first kappa shape index (κ1) is 15.8. The molecule has 108 valence electrons. The van der Waals surface area contributed by atoms with Crippen LogP contribution in [0.2, 0.25) is 0 Å². The Hall–Kier alpha value is -1.24. The molecule has 6 heteroatoms. The Bertz CT molecular complexity index is 360. The van der Waals surface area contributed by atoms with Crippen LogP contribution in [0, 0.1) is 11.6 Å². The second-order valence-corrected chi connectivity index (χ2v) is 3.64. The molecule has 0 bridgehead atoms. The fraction of sp³-hybridized carbons (Fsp3) is 0.538. The number of hydrogen-bond acceptors (Lipinski definition) is 4. The molecule has 0 amide bonds. The Morgan fingerprint density at radius 1 is 0.895 bits per heavy atom. The van der Waals surface area contributed by atoms with Crippen LogP contribution in [0.1, 0.15) is 0 Å². The molecule has 0 spiro atoms. The quantitative estimate of drug-likeness (QED) is 0.613. The highest BCUT2D eigenvalue weighted by Gasteiger charge is 2.04. The summed E-state index contributed by atoms with van der Waals surface area (Å²) < 4.78 is 46.1. The summed E-state index contributed by atoms with van der Waals surface area (Å²) in [6.45, 7) is 2.47. The average molecular weight is 276 g/mol. The van der Waals surface area contributed by atoms with Gasteiger partial charge < -0.3 is 18.9 Å². The smallest absolute Gasteiger partial charge is 0.167 e. The van der Waals surface area contributed by atoms with Crippen molar-refractivity contribution in [2.45, 2.75) is 0 Å². The van der Waals surface area contributed by atoms with Gasteiger partial charge in [-0.15, -0.1) is 0 Å². The molecule has 19 heavy (non-hydrogen) atoms. The third-order valence-electron chi connectivity index (χ3n) is 2.18. The van der Waals surface area contributed by atoms with Crippen LogP contribution in [-0.4, -0.2) is 46.8 Å². The monoisotopic (exact) mass is 276 g/mol. The molecule has 4 nitrogen and oxygen atoms in total. The molecule has 0 fully saturated rings. The molecule has 0 atom stereocenters. The summed E-state index contributed by atoms with van der Waals surface area (Å²) in [4.78, 5) is 0. The fourth-order valence-electron chi connectivity index (χ4n) is 1.27. The molecule has 0 heterocycles. The van der Waals surface area contributed by atoms with Crippen molar-refractivity contribution in [1.82, 2.24) is 0 Å². The lowest BCUT2D eigenvalue weighted by atomic mass is 10.3. The zero-order valence-corrected chi connectivity index (χ0v) is 10.9. The summed E-state index contributed by atoms with van der Waals surface area (Å²) >= 11 is 0. The van der Waals surface area contributed by atoms with Gasteiger partial charge in [-0.05, 0) is 12.1 Å². The number of halogens is 2. The second-order valence-electron chi connectivity index (χ2n) is 3.64. The lowest BCUT2D eigenvalue weighted by Gasteiger charge is -2.08. The Labute approximate surface area is 111 Å². The first-order valence-corrected chi connectivity index (χ1v) is 5.96. The Morgan fingerprint density at radius 2 is 1.53 bits per heavy atom. The summed E-state index contributed by atoms with van der Waals surface area (Å²) in [5.74, 6) is -1.33. The first-order valence-electron chi connectivity index (χ1n) is 5.96. The maximum absolute atomic E-state index is 13.2. The number of ether oxygens (including phenoxy) is 4. The van der Waals surface area contributed by atoms with Crippen LogP contribution >= 0.6 is 0 Å². The third-order valence-corrected chi connectivity index (χ3v) is 2.18. The van der Waals surface area contributed by atoms with E-state index in [1.54, 1.807) is 7.11 Å². The molecule has 0 aliphatic heterocycles. The summed E-state index contributed by atoms with van der Waals surface area (Å²) in [6.07, 6.45) is 0. The standard InChI is InChI=1S/C13H18F2O4/c1-16-4-5-17-6-7-18-8-9-19-13-3-2-11(14)10-12(13)15/h2-3,10H,4-9H2,1H3. The van der Waals surface area contributed by atoms with Crippen LogP contribution in [-0.2, 0) is 14.2 Å². The van der Waals surface area contributed by atoms with Gasteiger partial charge in [0.15, 0.2) is 11.6 Å². The predicted octanol–water partition coefficient (Wildman–Crippen LogP) is 2.02. The van der Waals surface area contributed by atoms with E-state index in [0.717, 1.165) is 12.1 Å². The van der Waals surface area contributed by atoms with Crippen LogP contribution in [0.15, 0.2) is 18.2 Å². The van der Waals surface area contributed by atoms with E-state index >= 15 is 0 Å². The Balaban J connectivity index is 2.01. The van der Waals surface area contributed by atoms with Crippen LogP contribution in [0.25, 0.3) is 0 Å². The van der Waals surface area contributed by atoms with Gasteiger partial charge in [0.2, 0.25) is 0 Å². The molecule has 1 aromatic carbocycles. The molecule has 0 aliphatic carbocycles. The van der Waals surface area contributed by atoms with E-state index in [1.807, 2.05) is 0 Å². The van der Waals surface area contributed by atoms with Gasteiger partial charge in [-0.25, -0.2) is 8.78 Å². The summed E-state index contributed by atoms with van der Waals surface area (Å²) in [6, 6.07) is 3.17. The van der Waals surface area contributed by atoms with Crippen LogP contribution in [0.3, 0.4) is 0 Å². The van der Waals surface area contributed by atoms with Gasteiger partial charge in [-0.1, -0.05) is 0 Å². The largest absolute Gasteiger partial charge is 0.488 e. The maximum Gasteiger partial charge on any atom is 0.167 e. The first-order chi connectivity index (χ1) is 9.24. The van der Waals surface area contributed by atoms with E-state index in [2.05, 4.69) is 0 Å². The Kier molecular flexibility index (Phi) is 8.04. The van der Waals surface area contributed by atoms with Crippen molar-refractivity contribution in [1.29, 1.82) is 0 Å². The van der Waals surface area contributed by atoms with E-state index in [0.29, 0.717) is 33.0 Å². The maximum atomic E-state index is 13.2. The minimum Gasteiger partial charge on any atom is -0.488 e. The molecule has 0 radical (unpaired) electrons. The third kappa shape index (κ3) is 7.05. The zero-order valence-electron chi connectivity index (χ0n) is 10.9. The topological polar surface area (TPSA) is 36.9 Å². The molecule has 0 aliphatic rings. The molecular formula is C13H18F2O4. The van der Waals surface area contributed by atoms with Crippen LogP contribution < -0.4 is 4.74 Å². The normalized spacial score (nSPS) is 10.7. The van der Waals surface area contributed by atoms with Crippen molar-refractivity contribution in [3.05, 3.63) is 29.8 Å². The van der Waals surface area contributed by atoms with Crippen molar-refractivity contribution in [2.75, 3.05) is 46.8 Å². The highest BCUT2D eigenvalue weighted by molar-refractivity contribution is 5.24. The highest BCUT2D eigenvalue weighted by atomic mass is 19.1. The van der Waals surface area contributed by atoms with Gasteiger partial charge in [0.05, 0.1) is 33.0 Å². The van der Waals surface area contributed by atoms with E-state index in [4.69, 9.17) is 18.9 Å². The van der Waals surface area contributed by atoms with Crippen LogP contribution in [0.5, 0.6) is 5.75 Å². The molecule has 1 aromatic rings. The molecule has 0 aromatic heterocycles. The summed E-state index contributed by atoms with van der Waals surface area (Å²) in [7, 11) is 1.60. The summed E-state index contributed by atoms with van der Waals surface area (Å²) in [5.41, 5.74) is 0. The predicted molar refractivity (Wildman–Crippen MR) is 65.4 cm³/mol. The number of benzene rings is 1. The van der Waals surface area contributed by atoms with Gasteiger partial charge in [0, 0.05) is 13.2 Å². The van der Waals surface area contributed by atoms with E-state index in [9.17, 15) is 8.78 Å². The van der Waals surface area contributed by atoms with Gasteiger partial charge >= 0.3 is 0 Å². The molecule has 0 N–H and O–H groups in total. The van der Waals surface area contributed by atoms with E-state index < -0.39 is 11.6 Å². The molecule has 0 unspecified atom stereocenters. The number of methoxy groups -OCH3 is 1. The minimum absolute atomic E-state index is 0.0151. The molecule has 0 saturated carbocycles. The minimum atomic E-state index is -0.720. The lowest BCUT2D eigenvalue weighted by Crippen LogP contribution is -2.12. The van der Waals surface area contributed by atoms with Crippen molar-refractivity contribution < 1.29 is 27.7 Å². The van der Waals surface area contributed by atoms with Crippen LogP contribution in [0.4, 0.5) is 8.78 Å². The van der Waals surface area contributed by atoms with Crippen molar-refractivity contribution in [3.63, 3.8) is 0 Å². The summed E-state index contributed by atoms with van der Waals surface area (Å²) in [5, 5.41) is 0. The number of hydrogen-bond donors (Lipinski definition) is 0. The number of rotatable bonds is 10. The molecule has 1 rings (SSSR count). The average Bonchev–Trinajstić information content (AvgIpc) is 2.39. The van der Waals surface area contributed by atoms with Gasteiger partial charge in [-0.2, -0.15) is 0 Å². The Morgan fingerprint density at radius 3 is 2.16 bits per heavy atom. The van der Waals surface area contributed by atoms with E-state index in [-0.39, 0.29) is 12.4 Å². The molecule has 0 saturated heterocycles.